The van der Waals surface area contributed by atoms with Crippen molar-refractivity contribution in [1.29, 1.82) is 0 Å². The summed E-state index contributed by atoms with van der Waals surface area (Å²) >= 11 is 5.91. The number of anilines is 1. The Morgan fingerprint density at radius 2 is 1.74 bits per heavy atom. The van der Waals surface area contributed by atoms with Gasteiger partial charge in [-0.15, -0.1) is 0 Å². The van der Waals surface area contributed by atoms with Crippen molar-refractivity contribution in [1.82, 2.24) is 4.31 Å². The Hall–Kier alpha value is -1.93. The van der Waals surface area contributed by atoms with Gasteiger partial charge in [-0.05, 0) is 44.2 Å². The third-order valence-electron chi connectivity index (χ3n) is 4.27. The molecule has 0 unspecified atom stereocenters. The molecule has 27 heavy (non-hydrogen) atoms. The highest BCUT2D eigenvalue weighted by atomic mass is 35.5. The molecule has 2 aromatic rings. The second kappa shape index (κ2) is 8.84. The monoisotopic (exact) mass is 410 g/mol. The van der Waals surface area contributed by atoms with Crippen molar-refractivity contribution >= 4 is 33.2 Å². The van der Waals surface area contributed by atoms with Gasteiger partial charge in [0.2, 0.25) is 10.0 Å². The minimum absolute atomic E-state index is 0.0727. The molecular weight excluding hydrogens is 386 g/mol. The molecule has 0 saturated carbocycles. The summed E-state index contributed by atoms with van der Waals surface area (Å²) in [5.74, 6) is -0.199. The number of carbonyl (C=O) groups is 1. The summed E-state index contributed by atoms with van der Waals surface area (Å²) in [6, 6.07) is 13.5. The average molecular weight is 411 g/mol. The Morgan fingerprint density at radius 1 is 1.11 bits per heavy atom. The van der Waals surface area contributed by atoms with Crippen molar-refractivity contribution in [3.05, 3.63) is 59.1 Å². The van der Waals surface area contributed by atoms with E-state index in [1.807, 2.05) is 43.4 Å². The molecule has 0 heterocycles. The van der Waals surface area contributed by atoms with Crippen LogP contribution in [-0.4, -0.2) is 38.8 Å². The van der Waals surface area contributed by atoms with Crippen LogP contribution >= 0.6 is 11.6 Å². The smallest absolute Gasteiger partial charge is 0.282 e. The fourth-order valence-corrected chi connectivity index (χ4v) is 3.67. The van der Waals surface area contributed by atoms with E-state index in [1.165, 1.54) is 26.2 Å². The van der Waals surface area contributed by atoms with Gasteiger partial charge in [0.1, 0.15) is 6.04 Å². The minimum Gasteiger partial charge on any atom is -0.330 e. The van der Waals surface area contributed by atoms with E-state index >= 15 is 0 Å². The lowest BCUT2D eigenvalue weighted by atomic mass is 10.1. The highest BCUT2D eigenvalue weighted by Crippen LogP contribution is 2.18. The zero-order valence-electron chi connectivity index (χ0n) is 15.8. The van der Waals surface area contributed by atoms with Gasteiger partial charge in [0.05, 0.1) is 4.90 Å². The van der Waals surface area contributed by atoms with Gasteiger partial charge in [-0.2, -0.15) is 0 Å². The Bertz CT molecular complexity index is 899. The van der Waals surface area contributed by atoms with Crippen LogP contribution in [0.4, 0.5) is 5.69 Å². The number of nitrogens with two attached hydrogens (primary N) is 1. The Morgan fingerprint density at radius 3 is 2.33 bits per heavy atom. The number of halogens is 1. The fourth-order valence-electron chi connectivity index (χ4n) is 2.60. The van der Waals surface area contributed by atoms with Crippen LogP contribution in [0.25, 0.3) is 0 Å². The molecule has 2 aromatic carbocycles. The minimum atomic E-state index is -3.55. The maximum absolute atomic E-state index is 12.5. The number of quaternary nitrogens is 1. The molecule has 1 amide bonds. The van der Waals surface area contributed by atoms with E-state index in [9.17, 15) is 13.2 Å². The standard InChI is InChI=1S/C19H24ClN3O3S/c1-13(15-8-10-16(20)11-9-15)21-14(2)19(24)22-17-6-5-7-18(12-17)27(25,26)23(3)4/h5-14,21H,1-4H3,(H,22,24)/p+1/t13-,14-/m0/s1. The summed E-state index contributed by atoms with van der Waals surface area (Å²) < 4.78 is 25.6. The van der Waals surface area contributed by atoms with Gasteiger partial charge >= 0.3 is 0 Å². The molecule has 3 N–H and O–H groups in total. The second-order valence-corrected chi connectivity index (χ2v) is 9.21. The molecule has 0 spiro atoms. The molecule has 0 radical (unpaired) electrons. The van der Waals surface area contributed by atoms with E-state index in [0.717, 1.165) is 9.87 Å². The predicted molar refractivity (Wildman–Crippen MR) is 107 cm³/mol. The third-order valence-corrected chi connectivity index (χ3v) is 6.33. The first-order chi connectivity index (χ1) is 12.6. The van der Waals surface area contributed by atoms with E-state index in [4.69, 9.17) is 11.6 Å². The highest BCUT2D eigenvalue weighted by Gasteiger charge is 2.22. The lowest BCUT2D eigenvalue weighted by molar-refractivity contribution is -0.709. The maximum atomic E-state index is 12.5. The van der Waals surface area contributed by atoms with Crippen molar-refractivity contribution in [2.75, 3.05) is 19.4 Å². The molecule has 0 aliphatic heterocycles. The van der Waals surface area contributed by atoms with Crippen LogP contribution in [0.3, 0.4) is 0 Å². The van der Waals surface area contributed by atoms with E-state index in [2.05, 4.69) is 5.32 Å². The number of nitrogens with zero attached hydrogens (tertiary/aromatic N) is 1. The predicted octanol–water partition coefficient (Wildman–Crippen LogP) is 2.24. The molecule has 0 aromatic heterocycles. The summed E-state index contributed by atoms with van der Waals surface area (Å²) in [5, 5.41) is 5.40. The van der Waals surface area contributed by atoms with E-state index in [-0.39, 0.29) is 22.9 Å². The summed E-state index contributed by atoms with van der Waals surface area (Å²) in [6.45, 7) is 3.82. The van der Waals surface area contributed by atoms with E-state index in [1.54, 1.807) is 12.1 Å². The van der Waals surface area contributed by atoms with Gasteiger partial charge in [-0.25, -0.2) is 12.7 Å². The van der Waals surface area contributed by atoms with Crippen LogP contribution in [0, 0.1) is 0 Å². The highest BCUT2D eigenvalue weighted by molar-refractivity contribution is 7.89. The molecule has 0 bridgehead atoms. The van der Waals surface area contributed by atoms with Crippen molar-refractivity contribution in [3.63, 3.8) is 0 Å². The summed E-state index contributed by atoms with van der Waals surface area (Å²) in [4.78, 5) is 12.6. The van der Waals surface area contributed by atoms with Crippen LogP contribution in [0.1, 0.15) is 25.5 Å². The normalized spacial score (nSPS) is 14.0. The first-order valence-electron chi connectivity index (χ1n) is 8.55. The number of rotatable bonds is 7. The molecule has 0 fully saturated rings. The number of carbonyl (C=O) groups excluding carboxylic acids is 1. The largest absolute Gasteiger partial charge is 0.330 e. The first kappa shape index (κ1) is 21.4. The molecule has 0 aliphatic rings. The van der Waals surface area contributed by atoms with Crippen LogP contribution < -0.4 is 10.6 Å². The molecule has 146 valence electrons. The van der Waals surface area contributed by atoms with Crippen molar-refractivity contribution in [2.24, 2.45) is 0 Å². The van der Waals surface area contributed by atoms with Crippen molar-refractivity contribution in [3.8, 4) is 0 Å². The molecule has 8 heteroatoms. The van der Waals surface area contributed by atoms with Crippen LogP contribution in [-0.2, 0) is 14.8 Å². The lowest BCUT2D eigenvalue weighted by Crippen LogP contribution is -2.91. The van der Waals surface area contributed by atoms with Crippen LogP contribution in [0.2, 0.25) is 5.02 Å². The van der Waals surface area contributed by atoms with E-state index < -0.39 is 10.0 Å². The molecule has 2 rings (SSSR count). The quantitative estimate of drug-likeness (QED) is 0.734. The zero-order valence-corrected chi connectivity index (χ0v) is 17.4. The Labute approximate surface area is 165 Å². The molecule has 0 saturated heterocycles. The van der Waals surface area contributed by atoms with Crippen molar-refractivity contribution in [2.45, 2.75) is 30.8 Å². The van der Waals surface area contributed by atoms with E-state index in [0.29, 0.717) is 10.7 Å². The number of sulfonamides is 1. The molecule has 6 nitrogen and oxygen atoms in total. The number of hydrogen-bond donors (Lipinski definition) is 2. The third kappa shape index (κ3) is 5.52. The second-order valence-electron chi connectivity index (χ2n) is 6.63. The van der Waals surface area contributed by atoms with Gasteiger partial charge in [0.15, 0.2) is 6.04 Å². The number of nitrogens with one attached hydrogen (secondary N) is 1. The lowest BCUT2D eigenvalue weighted by Gasteiger charge is -2.17. The topological polar surface area (TPSA) is 83.1 Å². The number of amides is 1. The fraction of sp³-hybridized carbons (Fsp3) is 0.316. The molecule has 0 aliphatic carbocycles. The van der Waals surface area contributed by atoms with Gasteiger partial charge in [-0.1, -0.05) is 29.8 Å². The maximum Gasteiger partial charge on any atom is 0.282 e. The van der Waals surface area contributed by atoms with Gasteiger partial charge in [0, 0.05) is 30.4 Å². The Kier molecular flexibility index (Phi) is 7.00. The number of benzene rings is 2. The zero-order chi connectivity index (χ0) is 20.2. The number of hydrogen-bond acceptors (Lipinski definition) is 3. The summed E-state index contributed by atoms with van der Waals surface area (Å²) in [5.41, 5.74) is 1.51. The first-order valence-corrected chi connectivity index (χ1v) is 10.4. The van der Waals surface area contributed by atoms with Gasteiger partial charge in [0.25, 0.3) is 5.91 Å². The summed E-state index contributed by atoms with van der Waals surface area (Å²) in [6.07, 6.45) is 0. The molecule has 2 atom stereocenters. The molecular formula is C19H25ClN3O3S+. The van der Waals surface area contributed by atoms with Crippen LogP contribution in [0.5, 0.6) is 0 Å². The van der Waals surface area contributed by atoms with Gasteiger partial charge in [-0.3, -0.25) is 4.79 Å². The SMILES string of the molecule is C[C@H]([NH2+][C@@H](C)c1ccc(Cl)cc1)C(=O)Nc1cccc(S(=O)(=O)N(C)C)c1. The van der Waals surface area contributed by atoms with Gasteiger partial charge < -0.3 is 10.6 Å². The Balaban J connectivity index is 2.05. The van der Waals surface area contributed by atoms with Crippen molar-refractivity contribution < 1.29 is 18.5 Å². The summed E-state index contributed by atoms with van der Waals surface area (Å²) in [7, 11) is -0.615. The average Bonchev–Trinajstić information content (AvgIpc) is 2.62. The van der Waals surface area contributed by atoms with Crippen LogP contribution in [0.15, 0.2) is 53.4 Å².